The molecule has 94 valence electrons. The summed E-state index contributed by atoms with van der Waals surface area (Å²) < 4.78 is 0. The van der Waals surface area contributed by atoms with Gasteiger partial charge in [-0.1, -0.05) is 6.92 Å². The maximum atomic E-state index is 11.9. The highest BCUT2D eigenvalue weighted by Crippen LogP contribution is 2.14. The van der Waals surface area contributed by atoms with Gasteiger partial charge >= 0.3 is 0 Å². The molecule has 0 bridgehead atoms. The Morgan fingerprint density at radius 2 is 2.31 bits per heavy atom. The van der Waals surface area contributed by atoms with Gasteiger partial charge in [-0.05, 0) is 44.7 Å². The number of amides is 1. The molecule has 0 aliphatic carbocycles. The number of carbonyl (C=O) groups excluding carboxylic acids is 1. The molecular formula is C12H24N2OS. The van der Waals surface area contributed by atoms with Gasteiger partial charge in [0.2, 0.25) is 5.91 Å². The van der Waals surface area contributed by atoms with Gasteiger partial charge in [-0.15, -0.1) is 0 Å². The number of nitrogens with zero attached hydrogens (tertiary/aromatic N) is 1. The van der Waals surface area contributed by atoms with E-state index in [9.17, 15) is 4.79 Å². The van der Waals surface area contributed by atoms with Crippen LogP contribution in [0.4, 0.5) is 0 Å². The van der Waals surface area contributed by atoms with Crippen molar-refractivity contribution in [2.24, 2.45) is 0 Å². The highest BCUT2D eigenvalue weighted by molar-refractivity contribution is 7.99. The molecule has 1 unspecified atom stereocenters. The van der Waals surface area contributed by atoms with Crippen molar-refractivity contribution in [2.75, 3.05) is 24.6 Å². The molecule has 1 aliphatic rings. The minimum atomic E-state index is 0.0778. The summed E-state index contributed by atoms with van der Waals surface area (Å²) in [5, 5.41) is 3.37. The van der Waals surface area contributed by atoms with E-state index in [1.54, 1.807) is 0 Å². The fourth-order valence-electron chi connectivity index (χ4n) is 2.00. The lowest BCUT2D eigenvalue weighted by Crippen LogP contribution is -2.41. The Kier molecular flexibility index (Phi) is 6.21. The molecule has 16 heavy (non-hydrogen) atoms. The summed E-state index contributed by atoms with van der Waals surface area (Å²) >= 11 is 1.96. The molecule has 0 aromatic heterocycles. The number of carbonyl (C=O) groups is 1. The second-order valence-corrected chi connectivity index (χ2v) is 5.87. The van der Waals surface area contributed by atoms with Crippen molar-refractivity contribution < 1.29 is 4.79 Å². The lowest BCUT2D eigenvalue weighted by Gasteiger charge is -2.21. The number of hydrogen-bond donors (Lipinski definition) is 1. The molecule has 0 saturated carbocycles. The van der Waals surface area contributed by atoms with Crippen molar-refractivity contribution in [3.05, 3.63) is 0 Å². The van der Waals surface area contributed by atoms with E-state index in [4.69, 9.17) is 0 Å². The predicted molar refractivity (Wildman–Crippen MR) is 70.9 cm³/mol. The van der Waals surface area contributed by atoms with Gasteiger partial charge < -0.3 is 10.2 Å². The van der Waals surface area contributed by atoms with Crippen molar-refractivity contribution in [1.82, 2.24) is 10.2 Å². The molecule has 1 atom stereocenters. The van der Waals surface area contributed by atoms with E-state index in [1.165, 1.54) is 11.5 Å². The topological polar surface area (TPSA) is 32.3 Å². The number of rotatable bonds is 7. The highest BCUT2D eigenvalue weighted by atomic mass is 32.2. The Morgan fingerprint density at radius 1 is 1.56 bits per heavy atom. The van der Waals surface area contributed by atoms with Crippen LogP contribution in [0.3, 0.4) is 0 Å². The van der Waals surface area contributed by atoms with Crippen molar-refractivity contribution in [1.29, 1.82) is 0 Å². The minimum absolute atomic E-state index is 0.0778. The van der Waals surface area contributed by atoms with Crippen LogP contribution in [0.15, 0.2) is 0 Å². The lowest BCUT2D eigenvalue weighted by atomic mass is 10.2. The van der Waals surface area contributed by atoms with E-state index in [1.807, 2.05) is 16.7 Å². The van der Waals surface area contributed by atoms with Crippen LogP contribution in [-0.4, -0.2) is 47.5 Å². The molecule has 1 N–H and O–H groups in total. The van der Waals surface area contributed by atoms with Crippen LogP contribution < -0.4 is 5.32 Å². The summed E-state index contributed by atoms with van der Waals surface area (Å²) in [4.78, 5) is 13.9. The third kappa shape index (κ3) is 3.98. The third-order valence-corrected chi connectivity index (χ3v) is 3.91. The maximum absolute atomic E-state index is 11.9. The maximum Gasteiger partial charge on any atom is 0.240 e. The van der Waals surface area contributed by atoms with E-state index in [0.29, 0.717) is 6.04 Å². The molecule has 3 nitrogen and oxygen atoms in total. The highest BCUT2D eigenvalue weighted by Gasteiger charge is 2.32. The SMILES string of the molecule is CCSCCCNC1CCN(C(C)C)C1=O. The van der Waals surface area contributed by atoms with E-state index in [0.717, 1.165) is 25.9 Å². The fraction of sp³-hybridized carbons (Fsp3) is 0.917. The van der Waals surface area contributed by atoms with Gasteiger partial charge in [-0.25, -0.2) is 0 Å². The summed E-state index contributed by atoms with van der Waals surface area (Å²) in [6.07, 6.45) is 2.13. The van der Waals surface area contributed by atoms with Gasteiger partial charge in [0.15, 0.2) is 0 Å². The van der Waals surface area contributed by atoms with Crippen LogP contribution in [0, 0.1) is 0 Å². The van der Waals surface area contributed by atoms with E-state index in [2.05, 4.69) is 26.1 Å². The second-order valence-electron chi connectivity index (χ2n) is 4.47. The number of likely N-dealkylation sites (tertiary alicyclic amines) is 1. The van der Waals surface area contributed by atoms with Gasteiger partial charge in [0, 0.05) is 12.6 Å². The number of nitrogens with one attached hydrogen (secondary N) is 1. The Bertz CT molecular complexity index is 221. The van der Waals surface area contributed by atoms with Gasteiger partial charge in [-0.3, -0.25) is 4.79 Å². The third-order valence-electron chi connectivity index (χ3n) is 2.92. The van der Waals surface area contributed by atoms with E-state index >= 15 is 0 Å². The first-order chi connectivity index (χ1) is 7.66. The molecular weight excluding hydrogens is 220 g/mol. The van der Waals surface area contributed by atoms with Crippen LogP contribution >= 0.6 is 11.8 Å². The van der Waals surface area contributed by atoms with E-state index < -0.39 is 0 Å². The van der Waals surface area contributed by atoms with E-state index in [-0.39, 0.29) is 11.9 Å². The molecule has 0 aromatic carbocycles. The molecule has 4 heteroatoms. The summed E-state index contributed by atoms with van der Waals surface area (Å²) in [5.41, 5.74) is 0. The average Bonchev–Trinajstić information content (AvgIpc) is 2.60. The molecule has 1 amide bonds. The summed E-state index contributed by atoms with van der Waals surface area (Å²) in [6, 6.07) is 0.420. The monoisotopic (exact) mass is 244 g/mol. The zero-order valence-electron chi connectivity index (χ0n) is 10.7. The van der Waals surface area contributed by atoms with Gasteiger partial charge in [0.25, 0.3) is 0 Å². The standard InChI is InChI=1S/C12H24N2OS/c1-4-16-9-5-7-13-11-6-8-14(10(2)3)12(11)15/h10-11,13H,4-9H2,1-3H3. The first-order valence-corrected chi connectivity index (χ1v) is 7.44. The molecule has 1 fully saturated rings. The summed E-state index contributed by atoms with van der Waals surface area (Å²) in [7, 11) is 0. The Labute approximate surface area is 103 Å². The lowest BCUT2D eigenvalue weighted by molar-refractivity contribution is -0.130. The van der Waals surface area contributed by atoms with Crippen molar-refractivity contribution in [3.63, 3.8) is 0 Å². The normalized spacial score (nSPS) is 21.1. The quantitative estimate of drug-likeness (QED) is 0.692. The smallest absolute Gasteiger partial charge is 0.240 e. The first kappa shape index (κ1) is 13.8. The molecule has 1 heterocycles. The van der Waals surface area contributed by atoms with Crippen LogP contribution in [0.5, 0.6) is 0 Å². The number of hydrogen-bond acceptors (Lipinski definition) is 3. The number of thioether (sulfide) groups is 1. The van der Waals surface area contributed by atoms with Crippen molar-refractivity contribution in [3.8, 4) is 0 Å². The second kappa shape index (κ2) is 7.17. The molecule has 0 aromatic rings. The molecule has 1 saturated heterocycles. The molecule has 0 radical (unpaired) electrons. The van der Waals surface area contributed by atoms with Crippen LogP contribution in [0.1, 0.15) is 33.6 Å². The average molecular weight is 244 g/mol. The minimum Gasteiger partial charge on any atom is -0.339 e. The van der Waals surface area contributed by atoms with Crippen LogP contribution in [-0.2, 0) is 4.79 Å². The Morgan fingerprint density at radius 3 is 2.88 bits per heavy atom. The fourth-order valence-corrected chi connectivity index (χ4v) is 2.64. The van der Waals surface area contributed by atoms with Gasteiger partial charge in [-0.2, -0.15) is 11.8 Å². The predicted octanol–water partition coefficient (Wildman–Crippen LogP) is 1.73. The largest absolute Gasteiger partial charge is 0.339 e. The van der Waals surface area contributed by atoms with Crippen molar-refractivity contribution in [2.45, 2.75) is 45.7 Å². The first-order valence-electron chi connectivity index (χ1n) is 6.28. The van der Waals surface area contributed by atoms with Gasteiger partial charge in [0.1, 0.15) is 0 Å². The molecule has 1 aliphatic heterocycles. The van der Waals surface area contributed by atoms with Crippen LogP contribution in [0.2, 0.25) is 0 Å². The van der Waals surface area contributed by atoms with Gasteiger partial charge in [0.05, 0.1) is 6.04 Å². The molecule has 0 spiro atoms. The summed E-state index contributed by atoms with van der Waals surface area (Å²) in [5.74, 6) is 2.67. The Hall–Kier alpha value is -0.220. The summed E-state index contributed by atoms with van der Waals surface area (Å²) in [6.45, 7) is 8.22. The molecule has 1 rings (SSSR count). The zero-order chi connectivity index (χ0) is 12.0. The zero-order valence-corrected chi connectivity index (χ0v) is 11.5. The Balaban J connectivity index is 2.17. The van der Waals surface area contributed by atoms with Crippen LogP contribution in [0.25, 0.3) is 0 Å². The van der Waals surface area contributed by atoms with Crippen molar-refractivity contribution >= 4 is 17.7 Å².